The van der Waals surface area contributed by atoms with Gasteiger partial charge in [0.05, 0.1) is 0 Å². The third-order valence-corrected chi connectivity index (χ3v) is 5.45. The normalized spacial score (nSPS) is 15.1. The summed E-state index contributed by atoms with van der Waals surface area (Å²) in [5.41, 5.74) is 1.91. The third-order valence-electron chi connectivity index (χ3n) is 5.45. The topological polar surface area (TPSA) is 110 Å². The average molecular weight is 412 g/mol. The Kier molecular flexibility index (Phi) is 5.92. The Bertz CT molecular complexity index is 916. The Morgan fingerprint density at radius 1 is 0.933 bits per heavy atom. The number of benzene rings is 2. The van der Waals surface area contributed by atoms with Crippen molar-refractivity contribution in [2.24, 2.45) is 0 Å². The molecule has 0 aromatic heterocycles. The van der Waals surface area contributed by atoms with Gasteiger partial charge in [0.2, 0.25) is 0 Å². The predicted molar refractivity (Wildman–Crippen MR) is 113 cm³/mol. The van der Waals surface area contributed by atoms with Crippen molar-refractivity contribution in [2.45, 2.75) is 45.1 Å². The first-order valence-corrected chi connectivity index (χ1v) is 10.0. The van der Waals surface area contributed by atoms with Gasteiger partial charge in [0.15, 0.2) is 17.2 Å². The zero-order chi connectivity index (χ0) is 22.1. The Balaban J connectivity index is 1.57. The molecule has 0 radical (unpaired) electrons. The molecule has 7 heteroatoms. The molecule has 0 aliphatic carbocycles. The third kappa shape index (κ3) is 4.67. The standard InChI is InChI=1S/C23H28N2O5/c1-23(2,3)16-6-4-14(5-7-16)22(30)25-10-8-17(9-11-25)24-21(29)15-12-18(26)20(28)19(27)13-15/h4-7,12-13,17,26-28H,8-11H2,1-3H3,(H,24,29). The second-order valence-corrected chi connectivity index (χ2v) is 8.73. The van der Waals surface area contributed by atoms with E-state index in [1.165, 1.54) is 5.56 Å². The number of phenolic OH excluding ortho intramolecular Hbond substituents is 3. The van der Waals surface area contributed by atoms with Gasteiger partial charge < -0.3 is 25.5 Å². The molecular formula is C23H28N2O5. The Hall–Kier alpha value is -3.22. The van der Waals surface area contributed by atoms with Crippen molar-refractivity contribution in [3.05, 3.63) is 53.1 Å². The molecule has 2 aromatic carbocycles. The molecule has 0 bridgehead atoms. The molecular weight excluding hydrogens is 384 g/mol. The highest BCUT2D eigenvalue weighted by atomic mass is 16.3. The van der Waals surface area contributed by atoms with E-state index in [0.29, 0.717) is 31.5 Å². The van der Waals surface area contributed by atoms with E-state index < -0.39 is 23.2 Å². The van der Waals surface area contributed by atoms with Crippen molar-refractivity contribution in [1.82, 2.24) is 10.2 Å². The van der Waals surface area contributed by atoms with Crippen LogP contribution in [0, 0.1) is 0 Å². The van der Waals surface area contributed by atoms with E-state index in [2.05, 4.69) is 26.1 Å². The second-order valence-electron chi connectivity index (χ2n) is 8.73. The number of carbonyl (C=O) groups excluding carboxylic acids is 2. The Labute approximate surface area is 176 Å². The maximum absolute atomic E-state index is 12.8. The number of nitrogens with one attached hydrogen (secondary N) is 1. The first-order valence-electron chi connectivity index (χ1n) is 10.0. The van der Waals surface area contributed by atoms with Crippen molar-refractivity contribution in [3.63, 3.8) is 0 Å². The summed E-state index contributed by atoms with van der Waals surface area (Å²) >= 11 is 0. The van der Waals surface area contributed by atoms with Gasteiger partial charge in [0.25, 0.3) is 11.8 Å². The van der Waals surface area contributed by atoms with E-state index in [-0.39, 0.29) is 22.9 Å². The number of nitrogens with zero attached hydrogens (tertiary/aromatic N) is 1. The van der Waals surface area contributed by atoms with Crippen LogP contribution in [-0.4, -0.2) is 51.2 Å². The maximum atomic E-state index is 12.8. The van der Waals surface area contributed by atoms with E-state index in [1.807, 2.05) is 24.3 Å². The number of hydrogen-bond acceptors (Lipinski definition) is 5. The number of carbonyl (C=O) groups is 2. The van der Waals surface area contributed by atoms with Crippen molar-refractivity contribution >= 4 is 11.8 Å². The van der Waals surface area contributed by atoms with Gasteiger partial charge in [-0.1, -0.05) is 32.9 Å². The second kappa shape index (κ2) is 8.26. The molecule has 0 unspecified atom stereocenters. The van der Waals surface area contributed by atoms with E-state index in [4.69, 9.17) is 0 Å². The summed E-state index contributed by atoms with van der Waals surface area (Å²) in [5, 5.41) is 31.4. The van der Waals surface area contributed by atoms with Gasteiger partial charge >= 0.3 is 0 Å². The number of amides is 2. The molecule has 1 saturated heterocycles. The lowest BCUT2D eigenvalue weighted by Gasteiger charge is -2.32. The minimum absolute atomic E-state index is 0.0198. The first-order chi connectivity index (χ1) is 14.1. The van der Waals surface area contributed by atoms with Gasteiger partial charge in [-0.25, -0.2) is 0 Å². The van der Waals surface area contributed by atoms with Gasteiger partial charge in [-0.05, 0) is 48.1 Å². The zero-order valence-electron chi connectivity index (χ0n) is 17.5. The van der Waals surface area contributed by atoms with E-state index in [1.54, 1.807) is 4.90 Å². The molecule has 0 atom stereocenters. The molecule has 160 valence electrons. The van der Waals surface area contributed by atoms with Crippen LogP contribution in [0.25, 0.3) is 0 Å². The highest BCUT2D eigenvalue weighted by Gasteiger charge is 2.26. The number of likely N-dealkylation sites (tertiary alicyclic amines) is 1. The van der Waals surface area contributed by atoms with Gasteiger partial charge in [-0.2, -0.15) is 0 Å². The number of hydrogen-bond donors (Lipinski definition) is 4. The SMILES string of the molecule is CC(C)(C)c1ccc(C(=O)N2CCC(NC(=O)c3cc(O)c(O)c(O)c3)CC2)cc1. The van der Waals surface area contributed by atoms with Crippen LogP contribution in [-0.2, 0) is 5.41 Å². The molecule has 1 fully saturated rings. The molecule has 1 aliphatic heterocycles. The number of piperidine rings is 1. The Morgan fingerprint density at radius 2 is 1.47 bits per heavy atom. The van der Waals surface area contributed by atoms with Crippen LogP contribution in [0.2, 0.25) is 0 Å². The molecule has 4 N–H and O–H groups in total. The van der Waals surface area contributed by atoms with Crippen molar-refractivity contribution in [2.75, 3.05) is 13.1 Å². The monoisotopic (exact) mass is 412 g/mol. The Morgan fingerprint density at radius 3 is 1.97 bits per heavy atom. The highest BCUT2D eigenvalue weighted by Crippen LogP contribution is 2.35. The fourth-order valence-corrected chi connectivity index (χ4v) is 3.53. The smallest absolute Gasteiger partial charge is 0.253 e. The lowest BCUT2D eigenvalue weighted by Crippen LogP contribution is -2.46. The molecule has 0 saturated carbocycles. The van der Waals surface area contributed by atoms with Crippen molar-refractivity contribution < 1.29 is 24.9 Å². The fourth-order valence-electron chi connectivity index (χ4n) is 3.53. The molecule has 3 rings (SSSR count). The quantitative estimate of drug-likeness (QED) is 0.579. The molecule has 1 heterocycles. The average Bonchev–Trinajstić information content (AvgIpc) is 2.71. The summed E-state index contributed by atoms with van der Waals surface area (Å²) in [4.78, 5) is 26.9. The number of rotatable bonds is 3. The molecule has 30 heavy (non-hydrogen) atoms. The number of phenols is 3. The minimum Gasteiger partial charge on any atom is -0.504 e. The lowest BCUT2D eigenvalue weighted by molar-refractivity contribution is 0.0698. The summed E-state index contributed by atoms with van der Waals surface area (Å²) < 4.78 is 0. The van der Waals surface area contributed by atoms with Crippen LogP contribution in [0.3, 0.4) is 0 Å². The summed E-state index contributed by atoms with van der Waals surface area (Å²) in [6.45, 7) is 7.44. The van der Waals surface area contributed by atoms with E-state index in [9.17, 15) is 24.9 Å². The summed E-state index contributed by atoms with van der Waals surface area (Å²) in [5.74, 6) is -2.25. The fraction of sp³-hybridized carbons (Fsp3) is 0.391. The van der Waals surface area contributed by atoms with Gasteiger partial charge in [0.1, 0.15) is 0 Å². The van der Waals surface area contributed by atoms with Crippen molar-refractivity contribution in [1.29, 1.82) is 0 Å². The largest absolute Gasteiger partial charge is 0.504 e. The first kappa shape index (κ1) is 21.5. The van der Waals surface area contributed by atoms with Gasteiger partial charge in [-0.15, -0.1) is 0 Å². The van der Waals surface area contributed by atoms with Crippen LogP contribution in [0.1, 0.15) is 59.9 Å². The van der Waals surface area contributed by atoms with Gasteiger partial charge in [0, 0.05) is 30.3 Å². The van der Waals surface area contributed by atoms with Crippen LogP contribution >= 0.6 is 0 Å². The summed E-state index contributed by atoms with van der Waals surface area (Å²) in [6.07, 6.45) is 1.21. The molecule has 1 aliphatic rings. The van der Waals surface area contributed by atoms with Crippen LogP contribution in [0.15, 0.2) is 36.4 Å². The van der Waals surface area contributed by atoms with Crippen LogP contribution in [0.5, 0.6) is 17.2 Å². The van der Waals surface area contributed by atoms with E-state index >= 15 is 0 Å². The van der Waals surface area contributed by atoms with Crippen LogP contribution < -0.4 is 5.32 Å². The molecule has 2 amide bonds. The summed E-state index contributed by atoms with van der Waals surface area (Å²) in [7, 11) is 0. The van der Waals surface area contributed by atoms with E-state index in [0.717, 1.165) is 12.1 Å². The maximum Gasteiger partial charge on any atom is 0.253 e. The van der Waals surface area contributed by atoms with Gasteiger partial charge in [-0.3, -0.25) is 9.59 Å². The van der Waals surface area contributed by atoms with Crippen LogP contribution in [0.4, 0.5) is 0 Å². The van der Waals surface area contributed by atoms with Crippen molar-refractivity contribution in [3.8, 4) is 17.2 Å². The lowest BCUT2D eigenvalue weighted by atomic mass is 9.86. The zero-order valence-corrected chi connectivity index (χ0v) is 17.5. The predicted octanol–water partition coefficient (Wildman–Crippen LogP) is 3.14. The molecule has 0 spiro atoms. The number of aromatic hydroxyl groups is 3. The molecule has 7 nitrogen and oxygen atoms in total. The highest BCUT2D eigenvalue weighted by molar-refractivity contribution is 5.96. The molecule has 2 aromatic rings. The minimum atomic E-state index is -0.658. The summed E-state index contributed by atoms with van der Waals surface area (Å²) in [6, 6.07) is 9.78.